The standard InChI is InChI=1S/C18H12ClN5O3/c19-17-14(23-10-4-3-7-15(23)20-17)8-9-16(25)27-11-24-18(26)12-5-1-2-6-13(12)21-22-24/h1-10H,11H2/b9-8+. The minimum Gasteiger partial charge on any atom is -0.439 e. The van der Waals surface area contributed by atoms with Crippen LogP contribution in [0.4, 0.5) is 0 Å². The van der Waals surface area contributed by atoms with Crippen LogP contribution >= 0.6 is 11.6 Å². The Kier molecular flexibility index (Phi) is 4.39. The Morgan fingerprint density at radius 3 is 2.89 bits per heavy atom. The quantitative estimate of drug-likeness (QED) is 0.398. The van der Waals surface area contributed by atoms with Crippen LogP contribution in [-0.2, 0) is 16.3 Å². The molecule has 0 saturated carbocycles. The summed E-state index contributed by atoms with van der Waals surface area (Å²) in [5, 5.41) is 8.35. The first-order valence-corrected chi connectivity index (χ1v) is 8.31. The van der Waals surface area contributed by atoms with Crippen LogP contribution in [0.3, 0.4) is 0 Å². The zero-order valence-electron chi connectivity index (χ0n) is 13.8. The summed E-state index contributed by atoms with van der Waals surface area (Å²) in [6.07, 6.45) is 4.49. The Bertz CT molecular complexity index is 1240. The zero-order valence-corrected chi connectivity index (χ0v) is 14.6. The molecule has 0 amide bonds. The van der Waals surface area contributed by atoms with E-state index in [-0.39, 0.29) is 17.4 Å². The summed E-state index contributed by atoms with van der Waals surface area (Å²) >= 11 is 6.10. The summed E-state index contributed by atoms with van der Waals surface area (Å²) < 4.78 is 7.79. The van der Waals surface area contributed by atoms with E-state index < -0.39 is 5.97 Å². The van der Waals surface area contributed by atoms with Gasteiger partial charge >= 0.3 is 5.97 Å². The molecule has 134 valence electrons. The molecule has 0 aliphatic heterocycles. The predicted octanol–water partition coefficient (Wildman–Crippen LogP) is 2.31. The molecular formula is C18H12ClN5O3. The number of hydrogen-bond donors (Lipinski definition) is 0. The van der Waals surface area contributed by atoms with Crippen molar-refractivity contribution in [2.75, 3.05) is 0 Å². The molecule has 0 N–H and O–H groups in total. The molecule has 27 heavy (non-hydrogen) atoms. The van der Waals surface area contributed by atoms with Crippen molar-refractivity contribution < 1.29 is 9.53 Å². The van der Waals surface area contributed by atoms with Gasteiger partial charge in [-0.1, -0.05) is 35.0 Å². The van der Waals surface area contributed by atoms with Crippen LogP contribution < -0.4 is 5.56 Å². The lowest BCUT2D eigenvalue weighted by atomic mass is 10.2. The summed E-state index contributed by atoms with van der Waals surface area (Å²) in [5.74, 6) is -0.654. The van der Waals surface area contributed by atoms with Gasteiger partial charge < -0.3 is 4.74 Å². The van der Waals surface area contributed by atoms with Gasteiger partial charge in [0.2, 0.25) is 0 Å². The fourth-order valence-electron chi connectivity index (χ4n) is 2.56. The number of halogens is 1. The molecule has 4 rings (SSSR count). The van der Waals surface area contributed by atoms with Crippen LogP contribution in [0.1, 0.15) is 5.69 Å². The van der Waals surface area contributed by atoms with Crippen LogP contribution in [0, 0.1) is 0 Å². The van der Waals surface area contributed by atoms with E-state index in [4.69, 9.17) is 16.3 Å². The van der Waals surface area contributed by atoms with E-state index >= 15 is 0 Å². The Labute approximate surface area is 157 Å². The number of pyridine rings is 1. The second-order valence-electron chi connectivity index (χ2n) is 5.55. The van der Waals surface area contributed by atoms with Crippen molar-refractivity contribution in [1.82, 2.24) is 24.4 Å². The number of aromatic nitrogens is 5. The average molecular weight is 382 g/mol. The van der Waals surface area contributed by atoms with Crippen molar-refractivity contribution in [1.29, 1.82) is 0 Å². The number of imidazole rings is 1. The SMILES string of the molecule is O=C(/C=C/c1c(Cl)nc2ccccn12)OCn1nnc2ccccc2c1=O. The average Bonchev–Trinajstić information content (AvgIpc) is 3.01. The van der Waals surface area contributed by atoms with Gasteiger partial charge in [-0.2, -0.15) is 4.68 Å². The van der Waals surface area contributed by atoms with Gasteiger partial charge in [-0.25, -0.2) is 9.78 Å². The number of esters is 1. The predicted molar refractivity (Wildman–Crippen MR) is 99.1 cm³/mol. The molecule has 0 spiro atoms. The fourth-order valence-corrected chi connectivity index (χ4v) is 2.80. The number of carbonyl (C=O) groups excluding carboxylic acids is 1. The van der Waals surface area contributed by atoms with Gasteiger partial charge in [-0.05, 0) is 30.3 Å². The van der Waals surface area contributed by atoms with Gasteiger partial charge in [0, 0.05) is 12.3 Å². The molecule has 4 aromatic rings. The van der Waals surface area contributed by atoms with Crippen LogP contribution in [0.15, 0.2) is 59.5 Å². The monoisotopic (exact) mass is 381 g/mol. The highest BCUT2D eigenvalue weighted by atomic mass is 35.5. The van der Waals surface area contributed by atoms with E-state index in [1.807, 2.05) is 12.1 Å². The minimum atomic E-state index is -0.654. The maximum absolute atomic E-state index is 12.3. The molecule has 9 heteroatoms. The normalized spacial score (nSPS) is 11.4. The van der Waals surface area contributed by atoms with Crippen molar-refractivity contribution in [2.45, 2.75) is 6.73 Å². The molecule has 0 aliphatic rings. The zero-order chi connectivity index (χ0) is 18.8. The van der Waals surface area contributed by atoms with E-state index in [1.165, 1.54) is 12.2 Å². The van der Waals surface area contributed by atoms with Crippen molar-refractivity contribution in [3.8, 4) is 0 Å². The van der Waals surface area contributed by atoms with E-state index in [0.29, 0.717) is 22.2 Å². The maximum atomic E-state index is 12.3. The maximum Gasteiger partial charge on any atom is 0.332 e. The fraction of sp³-hybridized carbons (Fsp3) is 0.0556. The van der Waals surface area contributed by atoms with Gasteiger partial charge in [-0.3, -0.25) is 9.20 Å². The van der Waals surface area contributed by atoms with Gasteiger partial charge in [0.25, 0.3) is 5.56 Å². The lowest BCUT2D eigenvalue weighted by Gasteiger charge is -2.04. The molecule has 0 fully saturated rings. The van der Waals surface area contributed by atoms with E-state index in [1.54, 1.807) is 40.9 Å². The molecule has 0 radical (unpaired) electrons. The molecule has 3 heterocycles. The Balaban J connectivity index is 1.50. The Morgan fingerprint density at radius 1 is 1.19 bits per heavy atom. The molecule has 3 aromatic heterocycles. The second kappa shape index (κ2) is 7.00. The van der Waals surface area contributed by atoms with Gasteiger partial charge in [-0.15, -0.1) is 5.10 Å². The lowest BCUT2D eigenvalue weighted by molar-refractivity contribution is -0.141. The molecule has 0 bridgehead atoms. The van der Waals surface area contributed by atoms with Crippen molar-refractivity contribution in [2.24, 2.45) is 0 Å². The summed E-state index contributed by atoms with van der Waals surface area (Å²) in [6, 6.07) is 12.3. The number of benzene rings is 1. The summed E-state index contributed by atoms with van der Waals surface area (Å²) in [4.78, 5) is 28.5. The number of hydrogen-bond acceptors (Lipinski definition) is 6. The van der Waals surface area contributed by atoms with Crippen LogP contribution in [0.25, 0.3) is 22.6 Å². The number of rotatable bonds is 4. The van der Waals surface area contributed by atoms with Gasteiger partial charge in [0.1, 0.15) is 11.2 Å². The van der Waals surface area contributed by atoms with Crippen LogP contribution in [-0.4, -0.2) is 30.3 Å². The number of fused-ring (bicyclic) bond motifs is 2. The van der Waals surface area contributed by atoms with E-state index in [0.717, 1.165) is 4.68 Å². The lowest BCUT2D eigenvalue weighted by Crippen LogP contribution is -2.26. The summed E-state index contributed by atoms with van der Waals surface area (Å²) in [7, 11) is 0. The molecule has 8 nitrogen and oxygen atoms in total. The first-order valence-electron chi connectivity index (χ1n) is 7.93. The number of ether oxygens (including phenoxy) is 1. The van der Waals surface area contributed by atoms with Crippen LogP contribution in [0.5, 0.6) is 0 Å². The molecule has 1 aromatic carbocycles. The highest BCUT2D eigenvalue weighted by Crippen LogP contribution is 2.18. The van der Waals surface area contributed by atoms with Crippen molar-refractivity contribution in [3.05, 3.63) is 75.9 Å². The summed E-state index contributed by atoms with van der Waals surface area (Å²) in [6.45, 7) is -0.347. The van der Waals surface area contributed by atoms with Gasteiger partial charge in [0.15, 0.2) is 11.9 Å². The smallest absolute Gasteiger partial charge is 0.332 e. The Morgan fingerprint density at radius 2 is 2.00 bits per heavy atom. The first kappa shape index (κ1) is 16.9. The second-order valence-corrected chi connectivity index (χ2v) is 5.91. The topological polar surface area (TPSA) is 91.4 Å². The summed E-state index contributed by atoms with van der Waals surface area (Å²) in [5.41, 5.74) is 1.30. The van der Waals surface area contributed by atoms with Crippen molar-refractivity contribution in [3.63, 3.8) is 0 Å². The largest absolute Gasteiger partial charge is 0.439 e. The highest BCUT2D eigenvalue weighted by molar-refractivity contribution is 6.31. The molecule has 0 atom stereocenters. The van der Waals surface area contributed by atoms with Crippen molar-refractivity contribution >= 4 is 40.2 Å². The number of nitrogens with zero attached hydrogens (tertiary/aromatic N) is 5. The van der Waals surface area contributed by atoms with E-state index in [9.17, 15) is 9.59 Å². The molecule has 0 aliphatic carbocycles. The Hall–Kier alpha value is -3.52. The molecular weight excluding hydrogens is 370 g/mol. The highest BCUT2D eigenvalue weighted by Gasteiger charge is 2.09. The number of carbonyl (C=O) groups is 1. The third-order valence-corrected chi connectivity index (χ3v) is 4.14. The van der Waals surface area contributed by atoms with Gasteiger partial charge in [0.05, 0.1) is 11.1 Å². The third-order valence-electron chi connectivity index (χ3n) is 3.86. The van der Waals surface area contributed by atoms with E-state index in [2.05, 4.69) is 15.3 Å². The minimum absolute atomic E-state index is 0.266. The molecule has 0 saturated heterocycles. The third kappa shape index (κ3) is 3.30. The van der Waals surface area contributed by atoms with Crippen LogP contribution in [0.2, 0.25) is 5.15 Å². The molecule has 0 unspecified atom stereocenters. The first-order chi connectivity index (χ1) is 13.1.